The Balaban J connectivity index is 1.66. The van der Waals surface area contributed by atoms with Gasteiger partial charge in [-0.2, -0.15) is 0 Å². The summed E-state index contributed by atoms with van der Waals surface area (Å²) in [7, 11) is 0. The molecule has 0 unspecified atom stereocenters. The van der Waals surface area contributed by atoms with E-state index in [-0.39, 0.29) is 42.8 Å². The minimum absolute atomic E-state index is 0.0865. The minimum atomic E-state index is -2.68. The third kappa shape index (κ3) is 4.77. The molecule has 0 bridgehead atoms. The average molecular weight is 529 g/mol. The molecule has 1 aliphatic heterocycles. The molecule has 1 saturated heterocycles. The molecule has 3 aromatic heterocycles. The predicted molar refractivity (Wildman–Crippen MR) is 139 cm³/mol. The van der Waals surface area contributed by atoms with E-state index in [2.05, 4.69) is 10.3 Å². The van der Waals surface area contributed by atoms with Gasteiger partial charge in [-0.25, -0.2) is 28.5 Å². The van der Waals surface area contributed by atoms with Crippen molar-refractivity contribution in [1.82, 2.24) is 19.4 Å². The van der Waals surface area contributed by atoms with Gasteiger partial charge in [-0.15, -0.1) is 0 Å². The zero-order valence-electron chi connectivity index (χ0n) is 20.7. The fourth-order valence-corrected chi connectivity index (χ4v) is 4.96. The van der Waals surface area contributed by atoms with Crippen molar-refractivity contribution in [2.24, 2.45) is 0 Å². The van der Waals surface area contributed by atoms with Crippen molar-refractivity contribution in [3.8, 4) is 0 Å². The lowest BCUT2D eigenvalue weighted by molar-refractivity contribution is -0.0222. The molecule has 0 saturated carbocycles. The Labute approximate surface area is 217 Å². The molecule has 37 heavy (non-hydrogen) atoms. The third-order valence-electron chi connectivity index (χ3n) is 6.75. The first kappa shape index (κ1) is 25.1. The Morgan fingerprint density at radius 2 is 1.95 bits per heavy atom. The van der Waals surface area contributed by atoms with E-state index in [1.54, 1.807) is 6.07 Å². The predicted octanol–water partition coefficient (Wildman–Crippen LogP) is 5.91. The summed E-state index contributed by atoms with van der Waals surface area (Å²) in [5, 5.41) is 13.8. The van der Waals surface area contributed by atoms with Gasteiger partial charge in [0.2, 0.25) is 5.95 Å². The number of alkyl halides is 2. The van der Waals surface area contributed by atoms with Gasteiger partial charge in [0.1, 0.15) is 10.8 Å². The van der Waals surface area contributed by atoms with Crippen molar-refractivity contribution in [3.63, 3.8) is 0 Å². The summed E-state index contributed by atoms with van der Waals surface area (Å²) in [5.41, 5.74) is 4.23. The number of fused-ring (bicyclic) bond motifs is 3. The van der Waals surface area contributed by atoms with Crippen molar-refractivity contribution < 1.29 is 18.7 Å². The number of pyridine rings is 1. The fourth-order valence-electron chi connectivity index (χ4n) is 4.81. The summed E-state index contributed by atoms with van der Waals surface area (Å²) in [6.07, 6.45) is 2.18. The number of anilines is 2. The van der Waals surface area contributed by atoms with Crippen LogP contribution in [0.3, 0.4) is 0 Å². The molecule has 1 fully saturated rings. The molecule has 2 N–H and O–H groups in total. The standard InChI is InChI=1S/C26H27ClF2N6O2/c1-4-16-13-35-23(31-16)18-12-14(2)11-17(15(3)30-19-5-6-20(27)32-22(19)24(36)37)21(18)33-25(35)34-9-7-26(28,29)8-10-34/h5-6,11-13,15,30H,4,7-10H2,1-3H3,(H,36,37)/t15-/m1/s1. The highest BCUT2D eigenvalue weighted by molar-refractivity contribution is 6.29. The van der Waals surface area contributed by atoms with Gasteiger partial charge in [0.25, 0.3) is 5.92 Å². The second kappa shape index (κ2) is 9.41. The number of carbonyl (C=O) groups is 1. The van der Waals surface area contributed by atoms with Crippen molar-refractivity contribution in [2.75, 3.05) is 23.3 Å². The first-order valence-electron chi connectivity index (χ1n) is 12.2. The van der Waals surface area contributed by atoms with Crippen LogP contribution in [0.2, 0.25) is 5.15 Å². The largest absolute Gasteiger partial charge is 0.476 e. The van der Waals surface area contributed by atoms with E-state index >= 15 is 0 Å². The molecule has 5 rings (SSSR count). The van der Waals surface area contributed by atoms with Gasteiger partial charge < -0.3 is 15.3 Å². The maximum atomic E-state index is 13.9. The van der Waals surface area contributed by atoms with Crippen LogP contribution < -0.4 is 10.2 Å². The van der Waals surface area contributed by atoms with E-state index < -0.39 is 11.9 Å². The van der Waals surface area contributed by atoms with Gasteiger partial charge in [-0.3, -0.25) is 4.40 Å². The van der Waals surface area contributed by atoms with Crippen LogP contribution in [0.5, 0.6) is 0 Å². The summed E-state index contributed by atoms with van der Waals surface area (Å²) in [6, 6.07) is 6.75. The van der Waals surface area contributed by atoms with E-state index in [4.69, 9.17) is 21.6 Å². The zero-order chi connectivity index (χ0) is 26.5. The van der Waals surface area contributed by atoms with E-state index in [1.165, 1.54) is 6.07 Å². The lowest BCUT2D eigenvalue weighted by Gasteiger charge is -2.33. The molecule has 4 aromatic rings. The molecule has 1 atom stereocenters. The van der Waals surface area contributed by atoms with Gasteiger partial charge in [0.15, 0.2) is 5.69 Å². The number of benzene rings is 1. The molecule has 0 amide bonds. The molecule has 0 radical (unpaired) electrons. The number of carboxylic acids is 1. The first-order chi connectivity index (χ1) is 17.6. The molecule has 194 valence electrons. The van der Waals surface area contributed by atoms with Gasteiger partial charge in [-0.05, 0) is 44.0 Å². The van der Waals surface area contributed by atoms with E-state index in [9.17, 15) is 18.7 Å². The van der Waals surface area contributed by atoms with Gasteiger partial charge in [0.05, 0.1) is 22.9 Å². The number of carboxylic acid groups (broad SMARTS) is 1. The number of imidazole rings is 1. The third-order valence-corrected chi connectivity index (χ3v) is 6.96. The van der Waals surface area contributed by atoms with Crippen molar-refractivity contribution >= 4 is 45.8 Å². The first-order valence-corrected chi connectivity index (χ1v) is 12.6. The van der Waals surface area contributed by atoms with Crippen LogP contribution in [0.15, 0.2) is 30.5 Å². The molecule has 1 aliphatic rings. The highest BCUT2D eigenvalue weighted by atomic mass is 35.5. The highest BCUT2D eigenvalue weighted by Gasteiger charge is 2.35. The van der Waals surface area contributed by atoms with Crippen LogP contribution in [0.4, 0.5) is 20.4 Å². The van der Waals surface area contributed by atoms with Crippen molar-refractivity contribution in [1.29, 1.82) is 0 Å². The monoisotopic (exact) mass is 528 g/mol. The smallest absolute Gasteiger partial charge is 0.356 e. The number of hydrogen-bond acceptors (Lipinski definition) is 6. The molecule has 1 aromatic carbocycles. The summed E-state index contributed by atoms with van der Waals surface area (Å²) in [6.45, 7) is 6.27. The molecular formula is C26H27ClF2N6O2. The van der Waals surface area contributed by atoms with Crippen LogP contribution in [0, 0.1) is 6.92 Å². The minimum Gasteiger partial charge on any atom is -0.476 e. The van der Waals surface area contributed by atoms with E-state index in [1.807, 2.05) is 48.4 Å². The Morgan fingerprint density at radius 1 is 1.22 bits per heavy atom. The SMILES string of the molecule is CCc1cn2c(N3CCC(F)(F)CC3)nc3c([C@@H](C)Nc4ccc(Cl)nc4C(=O)O)cc(C)cc3c2n1. The summed E-state index contributed by atoms with van der Waals surface area (Å²) in [5.74, 6) is -3.30. The second-order valence-electron chi connectivity index (χ2n) is 9.49. The molecular weight excluding hydrogens is 502 g/mol. The molecule has 4 heterocycles. The van der Waals surface area contributed by atoms with Crippen LogP contribution in [0.25, 0.3) is 16.6 Å². The van der Waals surface area contributed by atoms with Crippen LogP contribution in [0.1, 0.15) is 60.0 Å². The quantitative estimate of drug-likeness (QED) is 0.300. The van der Waals surface area contributed by atoms with Gasteiger partial charge >= 0.3 is 5.97 Å². The van der Waals surface area contributed by atoms with Gasteiger partial charge in [-0.1, -0.05) is 24.6 Å². The van der Waals surface area contributed by atoms with E-state index in [0.717, 1.165) is 28.6 Å². The maximum absolute atomic E-state index is 13.9. The Hall–Kier alpha value is -3.53. The fraction of sp³-hybridized carbons (Fsp3) is 0.385. The number of aromatic carboxylic acids is 1. The number of halogens is 3. The van der Waals surface area contributed by atoms with Crippen LogP contribution in [-0.2, 0) is 6.42 Å². The van der Waals surface area contributed by atoms with Crippen molar-refractivity contribution in [3.05, 3.63) is 58.1 Å². The Kier molecular flexibility index (Phi) is 6.39. The number of aryl methyl sites for hydroxylation is 2. The summed E-state index contributed by atoms with van der Waals surface area (Å²) < 4.78 is 29.8. The number of rotatable bonds is 6. The number of piperidine rings is 1. The number of hydrogen-bond donors (Lipinski definition) is 2. The zero-order valence-corrected chi connectivity index (χ0v) is 21.5. The Bertz CT molecular complexity index is 1510. The van der Waals surface area contributed by atoms with Crippen LogP contribution in [-0.4, -0.2) is 49.4 Å². The van der Waals surface area contributed by atoms with Crippen LogP contribution >= 0.6 is 11.6 Å². The number of nitrogens with one attached hydrogen (secondary N) is 1. The normalized spacial score (nSPS) is 16.3. The second-order valence-corrected chi connectivity index (χ2v) is 9.87. The molecule has 0 spiro atoms. The maximum Gasteiger partial charge on any atom is 0.356 e. The molecule has 0 aliphatic carbocycles. The summed E-state index contributed by atoms with van der Waals surface area (Å²) in [4.78, 5) is 27.4. The lowest BCUT2D eigenvalue weighted by atomic mass is 10.0. The number of aromatic nitrogens is 4. The van der Waals surface area contributed by atoms with Gasteiger partial charge in [0, 0.05) is 43.1 Å². The lowest BCUT2D eigenvalue weighted by Crippen LogP contribution is -2.40. The molecule has 8 nitrogen and oxygen atoms in total. The van der Waals surface area contributed by atoms with Crippen molar-refractivity contribution in [2.45, 2.75) is 52.0 Å². The summed E-state index contributed by atoms with van der Waals surface area (Å²) >= 11 is 5.92. The Morgan fingerprint density at radius 3 is 2.62 bits per heavy atom. The topological polar surface area (TPSA) is 95.7 Å². The highest BCUT2D eigenvalue weighted by Crippen LogP contribution is 2.35. The number of nitrogens with zero attached hydrogens (tertiary/aromatic N) is 5. The molecule has 11 heteroatoms. The van der Waals surface area contributed by atoms with E-state index in [0.29, 0.717) is 22.8 Å². The average Bonchev–Trinajstić information content (AvgIpc) is 3.29.